The molecule has 5 rings (SSSR count). The highest BCUT2D eigenvalue weighted by molar-refractivity contribution is 7.19. The first-order valence-electron chi connectivity index (χ1n) is 10.1. The SMILES string of the molecule is c1cnc(N2CCCCC2)c(CNc2ncnc3sc4c(c23)CCCC4)c1. The Morgan fingerprint density at radius 1 is 1.00 bits per heavy atom. The lowest BCUT2D eigenvalue weighted by Gasteiger charge is -2.29. The third-order valence-electron chi connectivity index (χ3n) is 5.72. The first-order valence-corrected chi connectivity index (χ1v) is 10.9. The van der Waals surface area contributed by atoms with Crippen molar-refractivity contribution in [3.63, 3.8) is 0 Å². The van der Waals surface area contributed by atoms with E-state index in [4.69, 9.17) is 4.98 Å². The molecule has 1 fully saturated rings. The lowest BCUT2D eigenvalue weighted by Crippen LogP contribution is -2.31. The summed E-state index contributed by atoms with van der Waals surface area (Å²) in [5.74, 6) is 2.11. The van der Waals surface area contributed by atoms with Gasteiger partial charge in [0, 0.05) is 36.3 Å². The van der Waals surface area contributed by atoms with Crippen LogP contribution in [-0.4, -0.2) is 28.0 Å². The van der Waals surface area contributed by atoms with Crippen LogP contribution in [0.3, 0.4) is 0 Å². The van der Waals surface area contributed by atoms with Gasteiger partial charge in [-0.15, -0.1) is 11.3 Å². The zero-order valence-electron chi connectivity index (χ0n) is 15.6. The Balaban J connectivity index is 1.43. The first-order chi connectivity index (χ1) is 13.4. The Morgan fingerprint density at radius 2 is 1.89 bits per heavy atom. The molecule has 6 heteroatoms. The van der Waals surface area contributed by atoms with Gasteiger partial charge in [-0.3, -0.25) is 0 Å². The Labute approximate surface area is 163 Å². The Morgan fingerprint density at radius 3 is 2.81 bits per heavy atom. The Bertz CT molecular complexity index is 945. The molecular weight excluding hydrogens is 354 g/mol. The molecule has 0 bridgehead atoms. The summed E-state index contributed by atoms with van der Waals surface area (Å²) in [6.45, 7) is 2.97. The van der Waals surface area contributed by atoms with Gasteiger partial charge in [0.1, 0.15) is 22.8 Å². The zero-order chi connectivity index (χ0) is 18.1. The van der Waals surface area contributed by atoms with Gasteiger partial charge >= 0.3 is 0 Å². The third-order valence-corrected chi connectivity index (χ3v) is 6.92. The molecule has 0 unspecified atom stereocenters. The Kier molecular flexibility index (Phi) is 4.66. The lowest BCUT2D eigenvalue weighted by molar-refractivity contribution is 0.572. The molecule has 5 nitrogen and oxygen atoms in total. The van der Waals surface area contributed by atoms with Gasteiger partial charge < -0.3 is 10.2 Å². The molecule has 1 aliphatic heterocycles. The maximum Gasteiger partial charge on any atom is 0.138 e. The van der Waals surface area contributed by atoms with Gasteiger partial charge in [-0.25, -0.2) is 15.0 Å². The van der Waals surface area contributed by atoms with Crippen LogP contribution in [0, 0.1) is 0 Å². The molecule has 27 heavy (non-hydrogen) atoms. The fraction of sp³-hybridized carbons (Fsp3) is 0.476. The maximum atomic E-state index is 4.69. The average molecular weight is 380 g/mol. The van der Waals surface area contributed by atoms with Crippen molar-refractivity contribution < 1.29 is 0 Å². The van der Waals surface area contributed by atoms with Crippen LogP contribution in [0.1, 0.15) is 48.1 Å². The van der Waals surface area contributed by atoms with Crippen LogP contribution in [0.25, 0.3) is 10.2 Å². The number of aromatic nitrogens is 3. The van der Waals surface area contributed by atoms with Crippen molar-refractivity contribution in [2.75, 3.05) is 23.3 Å². The highest BCUT2D eigenvalue weighted by Gasteiger charge is 2.20. The van der Waals surface area contributed by atoms with Crippen molar-refractivity contribution in [1.29, 1.82) is 0 Å². The smallest absolute Gasteiger partial charge is 0.138 e. The summed E-state index contributed by atoms with van der Waals surface area (Å²) in [5.41, 5.74) is 2.72. The molecule has 3 aromatic rings. The molecule has 3 aromatic heterocycles. The van der Waals surface area contributed by atoms with Crippen LogP contribution >= 0.6 is 11.3 Å². The fourth-order valence-corrected chi connectivity index (χ4v) is 5.59. The van der Waals surface area contributed by atoms with E-state index in [0.29, 0.717) is 0 Å². The molecule has 2 aliphatic rings. The summed E-state index contributed by atoms with van der Waals surface area (Å²) in [5, 5.41) is 4.86. The summed E-state index contributed by atoms with van der Waals surface area (Å²) >= 11 is 1.85. The predicted molar refractivity (Wildman–Crippen MR) is 112 cm³/mol. The normalized spacial score (nSPS) is 17.1. The fourth-order valence-electron chi connectivity index (χ4n) is 4.36. The van der Waals surface area contributed by atoms with Crippen LogP contribution in [0.5, 0.6) is 0 Å². The highest BCUT2D eigenvalue weighted by atomic mass is 32.1. The number of hydrogen-bond donors (Lipinski definition) is 1. The number of fused-ring (bicyclic) bond motifs is 3. The van der Waals surface area contributed by atoms with Crippen LogP contribution in [0.15, 0.2) is 24.7 Å². The minimum absolute atomic E-state index is 0.746. The number of anilines is 2. The number of thiophene rings is 1. The van der Waals surface area contributed by atoms with E-state index in [9.17, 15) is 0 Å². The average Bonchev–Trinajstić information content (AvgIpc) is 3.12. The van der Waals surface area contributed by atoms with Crippen molar-refractivity contribution in [3.8, 4) is 0 Å². The van der Waals surface area contributed by atoms with Crippen molar-refractivity contribution >= 4 is 33.2 Å². The van der Waals surface area contributed by atoms with Crippen molar-refractivity contribution in [2.45, 2.75) is 51.5 Å². The molecule has 1 N–H and O–H groups in total. The van der Waals surface area contributed by atoms with E-state index >= 15 is 0 Å². The number of hydrogen-bond acceptors (Lipinski definition) is 6. The molecular formula is C21H25N5S. The largest absolute Gasteiger partial charge is 0.365 e. The number of nitrogens with zero attached hydrogens (tertiary/aromatic N) is 4. The van der Waals surface area contributed by atoms with Crippen LogP contribution in [-0.2, 0) is 19.4 Å². The molecule has 4 heterocycles. The monoisotopic (exact) mass is 379 g/mol. The summed E-state index contributed by atoms with van der Waals surface area (Å²) in [4.78, 5) is 18.9. The quantitative estimate of drug-likeness (QED) is 0.720. The van der Waals surface area contributed by atoms with Gasteiger partial charge in [0.25, 0.3) is 0 Å². The van der Waals surface area contributed by atoms with E-state index in [1.807, 2.05) is 23.6 Å². The van der Waals surface area contributed by atoms with Gasteiger partial charge in [0.05, 0.1) is 5.39 Å². The molecule has 0 saturated carbocycles. The van der Waals surface area contributed by atoms with E-state index < -0.39 is 0 Å². The Hall–Kier alpha value is -2.21. The number of nitrogens with one attached hydrogen (secondary N) is 1. The van der Waals surface area contributed by atoms with E-state index in [1.165, 1.54) is 59.9 Å². The van der Waals surface area contributed by atoms with Crippen LogP contribution in [0.4, 0.5) is 11.6 Å². The zero-order valence-corrected chi connectivity index (χ0v) is 16.4. The van der Waals surface area contributed by atoms with Crippen LogP contribution < -0.4 is 10.2 Å². The summed E-state index contributed by atoms with van der Waals surface area (Å²) in [6.07, 6.45) is 12.4. The van der Waals surface area contributed by atoms with Gasteiger partial charge in [-0.2, -0.15) is 0 Å². The minimum Gasteiger partial charge on any atom is -0.365 e. The second kappa shape index (κ2) is 7.43. The molecule has 0 spiro atoms. The second-order valence-electron chi connectivity index (χ2n) is 7.50. The van der Waals surface area contributed by atoms with Gasteiger partial charge in [0.2, 0.25) is 0 Å². The summed E-state index contributed by atoms with van der Waals surface area (Å²) in [6, 6.07) is 4.22. The van der Waals surface area contributed by atoms with Gasteiger partial charge in [0.15, 0.2) is 0 Å². The summed E-state index contributed by atoms with van der Waals surface area (Å²) < 4.78 is 0. The van der Waals surface area contributed by atoms with Crippen LogP contribution in [0.2, 0.25) is 0 Å². The van der Waals surface area contributed by atoms with Crippen molar-refractivity contribution in [3.05, 3.63) is 40.7 Å². The standard InChI is InChI=1S/C21H25N5S/c1-4-11-26(12-5-1)20-15(7-6-10-22-20)13-23-19-18-16-8-2-3-9-17(16)27-21(18)25-14-24-19/h6-7,10,14H,1-5,8-9,11-13H2,(H,23,24,25). The molecule has 140 valence electrons. The molecule has 1 saturated heterocycles. The molecule has 0 radical (unpaired) electrons. The number of piperidine rings is 1. The van der Waals surface area contributed by atoms with E-state index in [2.05, 4.69) is 26.3 Å². The maximum absolute atomic E-state index is 4.69. The number of pyridine rings is 1. The number of aryl methyl sites for hydroxylation is 2. The lowest BCUT2D eigenvalue weighted by atomic mass is 9.97. The molecule has 0 aromatic carbocycles. The van der Waals surface area contributed by atoms with E-state index in [-0.39, 0.29) is 0 Å². The second-order valence-corrected chi connectivity index (χ2v) is 8.58. The van der Waals surface area contributed by atoms with Gasteiger partial charge in [-0.1, -0.05) is 6.07 Å². The predicted octanol–water partition coefficient (Wildman–Crippen LogP) is 4.57. The van der Waals surface area contributed by atoms with Gasteiger partial charge in [-0.05, 0) is 56.6 Å². The van der Waals surface area contributed by atoms with Crippen molar-refractivity contribution in [2.24, 2.45) is 0 Å². The molecule has 0 amide bonds. The van der Waals surface area contributed by atoms with E-state index in [1.54, 1.807) is 6.33 Å². The first kappa shape index (κ1) is 16.9. The van der Waals surface area contributed by atoms with E-state index in [0.717, 1.165) is 42.5 Å². The molecule has 0 atom stereocenters. The molecule has 1 aliphatic carbocycles. The number of rotatable bonds is 4. The topological polar surface area (TPSA) is 53.9 Å². The minimum atomic E-state index is 0.746. The summed E-state index contributed by atoms with van der Waals surface area (Å²) in [7, 11) is 0. The highest BCUT2D eigenvalue weighted by Crippen LogP contribution is 2.38. The van der Waals surface area contributed by atoms with Crippen molar-refractivity contribution in [1.82, 2.24) is 15.0 Å². The third kappa shape index (κ3) is 3.27.